The number of hydrogen-bond acceptors (Lipinski definition) is 1. The van der Waals surface area contributed by atoms with Crippen molar-refractivity contribution in [3.63, 3.8) is 0 Å². The fourth-order valence-corrected chi connectivity index (χ4v) is 2.46. The van der Waals surface area contributed by atoms with Crippen LogP contribution < -0.4 is 0 Å². The van der Waals surface area contributed by atoms with Crippen LogP contribution in [-0.4, -0.2) is 5.78 Å². The van der Waals surface area contributed by atoms with Crippen LogP contribution in [0.5, 0.6) is 0 Å². The SMILES string of the molecule is CCC(C)c1ccc(-c2ccc(Cl)cc2C(C)=O)cc1. The highest BCUT2D eigenvalue weighted by molar-refractivity contribution is 6.31. The summed E-state index contributed by atoms with van der Waals surface area (Å²) in [6.45, 7) is 5.98. The Bertz CT molecular complexity index is 614. The largest absolute Gasteiger partial charge is 0.294 e. The third kappa shape index (κ3) is 3.10. The summed E-state index contributed by atoms with van der Waals surface area (Å²) in [6, 6.07) is 13.9. The molecule has 2 heteroatoms. The summed E-state index contributed by atoms with van der Waals surface area (Å²) in [6.07, 6.45) is 1.12. The summed E-state index contributed by atoms with van der Waals surface area (Å²) in [5, 5.41) is 0.593. The maximum Gasteiger partial charge on any atom is 0.160 e. The van der Waals surface area contributed by atoms with Crippen LogP contribution in [0, 0.1) is 0 Å². The van der Waals surface area contributed by atoms with Crippen molar-refractivity contribution in [1.82, 2.24) is 0 Å². The van der Waals surface area contributed by atoms with Crippen molar-refractivity contribution in [2.45, 2.75) is 33.1 Å². The lowest BCUT2D eigenvalue weighted by atomic mass is 9.93. The highest BCUT2D eigenvalue weighted by Crippen LogP contribution is 2.29. The molecule has 2 rings (SSSR count). The molecule has 1 unspecified atom stereocenters. The fraction of sp³-hybridized carbons (Fsp3) is 0.278. The molecule has 2 aromatic carbocycles. The van der Waals surface area contributed by atoms with Gasteiger partial charge in [-0.15, -0.1) is 0 Å². The number of carbonyl (C=O) groups is 1. The highest BCUT2D eigenvalue weighted by atomic mass is 35.5. The number of Topliss-reactive ketones (excluding diaryl/α,β-unsaturated/α-hetero) is 1. The molecule has 0 fully saturated rings. The van der Waals surface area contributed by atoms with E-state index in [1.807, 2.05) is 12.1 Å². The average molecular weight is 287 g/mol. The molecule has 0 aliphatic carbocycles. The first-order valence-corrected chi connectivity index (χ1v) is 7.31. The third-order valence-electron chi connectivity index (χ3n) is 3.76. The topological polar surface area (TPSA) is 17.1 Å². The summed E-state index contributed by atoms with van der Waals surface area (Å²) in [4.78, 5) is 11.8. The Morgan fingerprint density at radius 3 is 2.35 bits per heavy atom. The third-order valence-corrected chi connectivity index (χ3v) is 4.00. The molecule has 0 saturated heterocycles. The minimum atomic E-state index is 0.0357. The van der Waals surface area contributed by atoms with E-state index in [0.717, 1.165) is 17.5 Å². The number of ketones is 1. The first-order chi connectivity index (χ1) is 9.52. The van der Waals surface area contributed by atoms with Crippen LogP contribution in [0.1, 0.15) is 49.0 Å². The van der Waals surface area contributed by atoms with Crippen molar-refractivity contribution in [3.05, 3.63) is 58.6 Å². The Morgan fingerprint density at radius 2 is 1.80 bits per heavy atom. The molecular formula is C18H19ClO. The van der Waals surface area contributed by atoms with Gasteiger partial charge in [0.2, 0.25) is 0 Å². The van der Waals surface area contributed by atoms with Gasteiger partial charge in [-0.3, -0.25) is 4.79 Å². The molecule has 0 aromatic heterocycles. The Morgan fingerprint density at radius 1 is 1.15 bits per heavy atom. The predicted molar refractivity (Wildman–Crippen MR) is 85.6 cm³/mol. The molecule has 0 aliphatic heterocycles. The first kappa shape index (κ1) is 14.8. The Kier molecular flexibility index (Phi) is 4.61. The molecule has 0 amide bonds. The van der Waals surface area contributed by atoms with Gasteiger partial charge in [-0.25, -0.2) is 0 Å². The minimum Gasteiger partial charge on any atom is -0.294 e. The molecular weight excluding hydrogens is 268 g/mol. The van der Waals surface area contributed by atoms with Crippen molar-refractivity contribution in [3.8, 4) is 11.1 Å². The molecule has 0 aliphatic rings. The molecule has 0 spiro atoms. The van der Waals surface area contributed by atoms with Crippen molar-refractivity contribution in [1.29, 1.82) is 0 Å². The minimum absolute atomic E-state index is 0.0357. The number of carbonyl (C=O) groups excluding carboxylic acids is 1. The van der Waals surface area contributed by atoms with Gasteiger partial charge in [-0.05, 0) is 48.1 Å². The second kappa shape index (κ2) is 6.23. The zero-order valence-corrected chi connectivity index (χ0v) is 12.9. The Hall–Kier alpha value is -1.60. The van der Waals surface area contributed by atoms with Crippen LogP contribution in [0.3, 0.4) is 0 Å². The van der Waals surface area contributed by atoms with Gasteiger partial charge in [-0.1, -0.05) is 55.8 Å². The first-order valence-electron chi connectivity index (χ1n) is 6.93. The van der Waals surface area contributed by atoms with Crippen LogP contribution in [0.4, 0.5) is 0 Å². The summed E-state index contributed by atoms with van der Waals surface area (Å²) in [5.41, 5.74) is 4.00. The highest BCUT2D eigenvalue weighted by Gasteiger charge is 2.10. The molecule has 0 saturated carbocycles. The zero-order chi connectivity index (χ0) is 14.7. The summed E-state index contributed by atoms with van der Waals surface area (Å²) in [7, 11) is 0. The van der Waals surface area contributed by atoms with E-state index >= 15 is 0 Å². The molecule has 0 heterocycles. The monoisotopic (exact) mass is 286 g/mol. The van der Waals surface area contributed by atoms with E-state index in [4.69, 9.17) is 11.6 Å². The summed E-state index contributed by atoms with van der Waals surface area (Å²) in [5.74, 6) is 0.593. The molecule has 0 radical (unpaired) electrons. The van der Waals surface area contributed by atoms with Crippen molar-refractivity contribution in [2.24, 2.45) is 0 Å². The van der Waals surface area contributed by atoms with Gasteiger partial charge in [0.15, 0.2) is 5.78 Å². The Balaban J connectivity index is 2.44. The second-order valence-corrected chi connectivity index (χ2v) is 5.61. The number of benzene rings is 2. The van der Waals surface area contributed by atoms with Gasteiger partial charge in [-0.2, -0.15) is 0 Å². The van der Waals surface area contributed by atoms with E-state index < -0.39 is 0 Å². The van der Waals surface area contributed by atoms with Crippen molar-refractivity contribution >= 4 is 17.4 Å². The summed E-state index contributed by atoms with van der Waals surface area (Å²) < 4.78 is 0. The van der Waals surface area contributed by atoms with Gasteiger partial charge >= 0.3 is 0 Å². The normalized spacial score (nSPS) is 12.2. The molecule has 0 N–H and O–H groups in total. The fourth-order valence-electron chi connectivity index (χ4n) is 2.29. The lowest BCUT2D eigenvalue weighted by Gasteiger charge is -2.12. The lowest BCUT2D eigenvalue weighted by Crippen LogP contribution is -1.97. The maximum absolute atomic E-state index is 11.8. The van der Waals surface area contributed by atoms with Crippen LogP contribution in [0.25, 0.3) is 11.1 Å². The zero-order valence-electron chi connectivity index (χ0n) is 12.1. The van der Waals surface area contributed by atoms with E-state index in [-0.39, 0.29) is 5.78 Å². The smallest absolute Gasteiger partial charge is 0.160 e. The summed E-state index contributed by atoms with van der Waals surface area (Å²) >= 11 is 5.98. The van der Waals surface area contributed by atoms with Crippen LogP contribution in [-0.2, 0) is 0 Å². The van der Waals surface area contributed by atoms with E-state index in [1.54, 1.807) is 13.0 Å². The van der Waals surface area contributed by atoms with Crippen molar-refractivity contribution < 1.29 is 4.79 Å². The molecule has 104 valence electrons. The van der Waals surface area contributed by atoms with Crippen LogP contribution in [0.15, 0.2) is 42.5 Å². The van der Waals surface area contributed by atoms with Crippen molar-refractivity contribution in [2.75, 3.05) is 0 Å². The predicted octanol–water partition coefficient (Wildman–Crippen LogP) is 5.72. The van der Waals surface area contributed by atoms with E-state index in [9.17, 15) is 4.79 Å². The van der Waals surface area contributed by atoms with Crippen LogP contribution >= 0.6 is 11.6 Å². The second-order valence-electron chi connectivity index (χ2n) is 5.18. The molecule has 0 bridgehead atoms. The number of hydrogen-bond donors (Lipinski definition) is 0. The molecule has 2 aromatic rings. The lowest BCUT2D eigenvalue weighted by molar-refractivity contribution is 0.101. The quantitative estimate of drug-likeness (QED) is 0.657. The van der Waals surface area contributed by atoms with E-state index in [0.29, 0.717) is 16.5 Å². The van der Waals surface area contributed by atoms with Gasteiger partial charge < -0.3 is 0 Å². The van der Waals surface area contributed by atoms with Gasteiger partial charge in [0, 0.05) is 10.6 Å². The van der Waals surface area contributed by atoms with E-state index in [1.165, 1.54) is 5.56 Å². The van der Waals surface area contributed by atoms with E-state index in [2.05, 4.69) is 38.1 Å². The van der Waals surface area contributed by atoms with Gasteiger partial charge in [0.05, 0.1) is 0 Å². The van der Waals surface area contributed by atoms with Crippen LogP contribution in [0.2, 0.25) is 5.02 Å². The molecule has 1 atom stereocenters. The Labute approximate surface area is 125 Å². The number of halogens is 1. The molecule has 1 nitrogen and oxygen atoms in total. The molecule has 20 heavy (non-hydrogen) atoms. The van der Waals surface area contributed by atoms with Gasteiger partial charge in [0.1, 0.15) is 0 Å². The number of rotatable bonds is 4. The standard InChI is InChI=1S/C18H19ClO/c1-4-12(2)14-5-7-15(8-6-14)17-10-9-16(19)11-18(17)13(3)20/h5-12H,4H2,1-3H3. The average Bonchev–Trinajstić information content (AvgIpc) is 2.46. The van der Waals surface area contributed by atoms with Gasteiger partial charge in [0.25, 0.3) is 0 Å². The maximum atomic E-state index is 11.8.